The van der Waals surface area contributed by atoms with E-state index < -0.39 is 17.6 Å². The molecule has 3 nitrogen and oxygen atoms in total. The lowest BCUT2D eigenvalue weighted by atomic mass is 10.1. The van der Waals surface area contributed by atoms with Crippen LogP contribution in [0.25, 0.3) is 0 Å². The third kappa shape index (κ3) is 4.58. The maximum absolute atomic E-state index is 13.9. The molecule has 0 amide bonds. The van der Waals surface area contributed by atoms with E-state index in [0.717, 1.165) is 6.07 Å². The summed E-state index contributed by atoms with van der Waals surface area (Å²) in [4.78, 5) is 0. The predicted octanol–water partition coefficient (Wildman–Crippen LogP) is 4.34. The molecule has 0 saturated carbocycles. The topological polar surface area (TPSA) is 33.3 Å². The molecule has 128 valence electrons. The maximum Gasteiger partial charge on any atom is 0.419 e. The minimum absolute atomic E-state index is 0.125. The maximum atomic E-state index is 13.9. The third-order valence-corrected chi connectivity index (χ3v) is 3.40. The zero-order valence-electron chi connectivity index (χ0n) is 12.6. The minimum atomic E-state index is -4.74. The standard InChI is InChI=1S/C16H14F4N2OS/c1-23-12-6-3-5-11(8-12)22-15(24)21-9-10-4-2-7-13(14(10)17)16(18,19)20/h2-8H,9H2,1H3,(H2,21,22,24). The number of halogens is 4. The molecule has 0 aromatic heterocycles. The molecule has 0 heterocycles. The Morgan fingerprint density at radius 1 is 1.17 bits per heavy atom. The molecule has 0 aliphatic rings. The molecule has 0 fully saturated rings. The first kappa shape index (κ1) is 18.0. The van der Waals surface area contributed by atoms with E-state index in [2.05, 4.69) is 10.6 Å². The van der Waals surface area contributed by atoms with Crippen molar-refractivity contribution >= 4 is 23.0 Å². The highest BCUT2D eigenvalue weighted by Crippen LogP contribution is 2.32. The lowest BCUT2D eigenvalue weighted by Crippen LogP contribution is -2.28. The third-order valence-electron chi connectivity index (χ3n) is 3.15. The van der Waals surface area contributed by atoms with Crippen LogP contribution in [0.2, 0.25) is 0 Å². The normalized spacial score (nSPS) is 11.0. The monoisotopic (exact) mass is 358 g/mol. The van der Waals surface area contributed by atoms with Gasteiger partial charge in [-0.3, -0.25) is 0 Å². The molecule has 2 aromatic rings. The average molecular weight is 358 g/mol. The second kappa shape index (κ2) is 7.48. The van der Waals surface area contributed by atoms with Gasteiger partial charge >= 0.3 is 6.18 Å². The van der Waals surface area contributed by atoms with Gasteiger partial charge in [-0.15, -0.1) is 0 Å². The molecule has 0 saturated heterocycles. The van der Waals surface area contributed by atoms with Crippen molar-refractivity contribution in [3.05, 3.63) is 59.4 Å². The summed E-state index contributed by atoms with van der Waals surface area (Å²) in [5.74, 6) is -0.687. The molecular weight excluding hydrogens is 344 g/mol. The molecule has 0 aliphatic carbocycles. The summed E-state index contributed by atoms with van der Waals surface area (Å²) in [6.07, 6.45) is -4.74. The molecule has 2 N–H and O–H groups in total. The number of alkyl halides is 3. The Kier molecular flexibility index (Phi) is 5.61. The smallest absolute Gasteiger partial charge is 0.419 e. The fraction of sp³-hybridized carbons (Fsp3) is 0.188. The zero-order chi connectivity index (χ0) is 17.7. The molecule has 0 spiro atoms. The van der Waals surface area contributed by atoms with Crippen LogP contribution >= 0.6 is 12.2 Å². The van der Waals surface area contributed by atoms with E-state index in [1.54, 1.807) is 24.3 Å². The summed E-state index contributed by atoms with van der Waals surface area (Å²) in [5, 5.41) is 5.68. The number of methoxy groups -OCH3 is 1. The van der Waals surface area contributed by atoms with Gasteiger partial charge in [-0.25, -0.2) is 4.39 Å². The van der Waals surface area contributed by atoms with Crippen molar-refractivity contribution in [1.29, 1.82) is 0 Å². The first-order valence-electron chi connectivity index (χ1n) is 6.84. The number of anilines is 1. The largest absolute Gasteiger partial charge is 0.497 e. The molecule has 8 heteroatoms. The predicted molar refractivity (Wildman–Crippen MR) is 87.5 cm³/mol. The number of hydrogen-bond acceptors (Lipinski definition) is 2. The summed E-state index contributed by atoms with van der Waals surface area (Å²) < 4.78 is 57.0. The summed E-state index contributed by atoms with van der Waals surface area (Å²) in [5.41, 5.74) is -0.788. The van der Waals surface area contributed by atoms with Crippen molar-refractivity contribution in [3.8, 4) is 5.75 Å². The minimum Gasteiger partial charge on any atom is -0.497 e. The van der Waals surface area contributed by atoms with Crippen LogP contribution in [-0.2, 0) is 12.7 Å². The molecule has 0 aliphatic heterocycles. The van der Waals surface area contributed by atoms with Gasteiger partial charge in [0.25, 0.3) is 0 Å². The summed E-state index contributed by atoms with van der Waals surface area (Å²) in [6, 6.07) is 10.1. The van der Waals surface area contributed by atoms with Crippen LogP contribution in [0.4, 0.5) is 23.2 Å². The van der Waals surface area contributed by atoms with Crippen LogP contribution in [0.15, 0.2) is 42.5 Å². The first-order chi connectivity index (χ1) is 11.3. The van der Waals surface area contributed by atoms with Gasteiger partial charge in [0, 0.05) is 23.9 Å². The molecule has 24 heavy (non-hydrogen) atoms. The lowest BCUT2D eigenvalue weighted by Gasteiger charge is -2.14. The van der Waals surface area contributed by atoms with E-state index in [-0.39, 0.29) is 17.2 Å². The lowest BCUT2D eigenvalue weighted by molar-refractivity contribution is -0.140. The Morgan fingerprint density at radius 3 is 2.54 bits per heavy atom. The van der Waals surface area contributed by atoms with Gasteiger partial charge in [0.15, 0.2) is 5.11 Å². The Bertz CT molecular complexity index is 734. The SMILES string of the molecule is COc1cccc(NC(=S)NCc2cccc(C(F)(F)F)c2F)c1. The van der Waals surface area contributed by atoms with Gasteiger partial charge in [0.1, 0.15) is 11.6 Å². The molecule has 2 aromatic carbocycles. The highest BCUT2D eigenvalue weighted by Gasteiger charge is 2.34. The Morgan fingerprint density at radius 2 is 1.88 bits per heavy atom. The van der Waals surface area contributed by atoms with Crippen molar-refractivity contribution in [2.75, 3.05) is 12.4 Å². The summed E-state index contributed by atoms with van der Waals surface area (Å²) in [7, 11) is 1.52. The second-order valence-electron chi connectivity index (χ2n) is 4.82. The molecule has 0 bridgehead atoms. The molecular formula is C16H14F4N2OS. The van der Waals surface area contributed by atoms with Gasteiger partial charge in [0.05, 0.1) is 12.7 Å². The molecule has 0 atom stereocenters. The van der Waals surface area contributed by atoms with E-state index in [1.165, 1.54) is 13.2 Å². The highest BCUT2D eigenvalue weighted by atomic mass is 32.1. The van der Waals surface area contributed by atoms with Crippen molar-refractivity contribution in [1.82, 2.24) is 5.32 Å². The van der Waals surface area contributed by atoms with E-state index in [9.17, 15) is 17.6 Å². The molecule has 0 radical (unpaired) electrons. The fourth-order valence-electron chi connectivity index (χ4n) is 1.99. The first-order valence-corrected chi connectivity index (χ1v) is 7.25. The van der Waals surface area contributed by atoms with E-state index >= 15 is 0 Å². The molecule has 2 rings (SSSR count). The van der Waals surface area contributed by atoms with Crippen LogP contribution in [0.3, 0.4) is 0 Å². The van der Waals surface area contributed by atoms with Crippen LogP contribution in [-0.4, -0.2) is 12.2 Å². The number of thiocarbonyl (C=S) groups is 1. The number of benzene rings is 2. The van der Waals surface area contributed by atoms with Crippen molar-refractivity contribution < 1.29 is 22.3 Å². The number of rotatable bonds is 4. The Labute approximate surface area is 141 Å². The van der Waals surface area contributed by atoms with E-state index in [0.29, 0.717) is 17.5 Å². The van der Waals surface area contributed by atoms with Crippen LogP contribution in [0, 0.1) is 5.82 Å². The summed E-state index contributed by atoms with van der Waals surface area (Å²) >= 11 is 5.06. The average Bonchev–Trinajstić information content (AvgIpc) is 2.53. The fourth-order valence-corrected chi connectivity index (χ4v) is 2.18. The summed E-state index contributed by atoms with van der Waals surface area (Å²) in [6.45, 7) is -0.175. The van der Waals surface area contributed by atoms with Crippen molar-refractivity contribution in [3.63, 3.8) is 0 Å². The van der Waals surface area contributed by atoms with Crippen LogP contribution in [0.5, 0.6) is 5.75 Å². The van der Waals surface area contributed by atoms with Gasteiger partial charge in [-0.05, 0) is 30.4 Å². The van der Waals surface area contributed by atoms with Crippen LogP contribution in [0.1, 0.15) is 11.1 Å². The second-order valence-corrected chi connectivity index (χ2v) is 5.22. The number of nitrogens with one attached hydrogen (secondary N) is 2. The van der Waals surface area contributed by atoms with Crippen molar-refractivity contribution in [2.24, 2.45) is 0 Å². The number of ether oxygens (including phenoxy) is 1. The molecule has 0 unspecified atom stereocenters. The van der Waals surface area contributed by atoms with Crippen LogP contribution < -0.4 is 15.4 Å². The van der Waals surface area contributed by atoms with E-state index in [1.807, 2.05) is 0 Å². The van der Waals surface area contributed by atoms with Gasteiger partial charge in [0.2, 0.25) is 0 Å². The Hall–Kier alpha value is -2.35. The van der Waals surface area contributed by atoms with Crippen molar-refractivity contribution in [2.45, 2.75) is 12.7 Å². The van der Waals surface area contributed by atoms with Gasteiger partial charge in [-0.2, -0.15) is 13.2 Å². The Balaban J connectivity index is 2.02. The van der Waals surface area contributed by atoms with E-state index in [4.69, 9.17) is 17.0 Å². The quantitative estimate of drug-likeness (QED) is 0.629. The van der Waals surface area contributed by atoms with Gasteiger partial charge in [-0.1, -0.05) is 18.2 Å². The highest BCUT2D eigenvalue weighted by molar-refractivity contribution is 7.80. The number of hydrogen-bond donors (Lipinski definition) is 2. The van der Waals surface area contributed by atoms with Gasteiger partial charge < -0.3 is 15.4 Å². The zero-order valence-corrected chi connectivity index (χ0v) is 13.4.